The highest BCUT2D eigenvalue weighted by Gasteiger charge is 2.19. The minimum atomic E-state index is -0.613. The summed E-state index contributed by atoms with van der Waals surface area (Å²) >= 11 is 5.56. The van der Waals surface area contributed by atoms with Crippen molar-refractivity contribution in [2.75, 3.05) is 6.54 Å². The standard InChI is InChI=1S/C10H11ClFNO2/c1-5-7(12)4-6(11)10(15)9(5)8(14)2-3-13/h4,15H,2-3,13H2,1H3. The van der Waals surface area contributed by atoms with Gasteiger partial charge in [0.1, 0.15) is 11.6 Å². The number of Topliss-reactive ketones (excluding diaryl/α,β-unsaturated/α-hetero) is 1. The molecule has 0 aliphatic rings. The predicted octanol–water partition coefficient (Wildman–Crippen LogP) is 2.02. The number of hydrogen-bond acceptors (Lipinski definition) is 3. The fraction of sp³-hybridized carbons (Fsp3) is 0.300. The molecule has 3 nitrogen and oxygen atoms in total. The minimum Gasteiger partial charge on any atom is -0.506 e. The molecular formula is C10H11ClFNO2. The van der Waals surface area contributed by atoms with Crippen molar-refractivity contribution in [2.45, 2.75) is 13.3 Å². The molecule has 0 aromatic heterocycles. The molecule has 0 bridgehead atoms. The van der Waals surface area contributed by atoms with E-state index in [1.54, 1.807) is 0 Å². The number of phenols is 1. The molecule has 82 valence electrons. The molecule has 1 rings (SSSR count). The molecule has 0 saturated carbocycles. The largest absolute Gasteiger partial charge is 0.506 e. The molecule has 0 radical (unpaired) electrons. The molecule has 0 fully saturated rings. The van der Waals surface area contributed by atoms with Gasteiger partial charge in [0, 0.05) is 6.42 Å². The lowest BCUT2D eigenvalue weighted by atomic mass is 10.0. The Kier molecular flexibility index (Phi) is 3.66. The van der Waals surface area contributed by atoms with Crippen LogP contribution < -0.4 is 5.73 Å². The smallest absolute Gasteiger partial charge is 0.168 e. The first-order valence-corrected chi connectivity index (χ1v) is 4.77. The second-order valence-corrected chi connectivity index (χ2v) is 3.56. The average molecular weight is 232 g/mol. The van der Waals surface area contributed by atoms with Crippen molar-refractivity contribution >= 4 is 17.4 Å². The monoisotopic (exact) mass is 231 g/mol. The van der Waals surface area contributed by atoms with Gasteiger partial charge < -0.3 is 10.8 Å². The number of phenolic OH excluding ortho intramolecular Hbond substituents is 1. The van der Waals surface area contributed by atoms with Gasteiger partial charge in [-0.2, -0.15) is 0 Å². The van der Waals surface area contributed by atoms with Gasteiger partial charge >= 0.3 is 0 Å². The van der Waals surface area contributed by atoms with Crippen LogP contribution in [-0.2, 0) is 0 Å². The summed E-state index contributed by atoms with van der Waals surface area (Å²) in [6.07, 6.45) is 0.0498. The van der Waals surface area contributed by atoms with Gasteiger partial charge in [-0.15, -0.1) is 0 Å². The Morgan fingerprint density at radius 3 is 2.80 bits per heavy atom. The van der Waals surface area contributed by atoms with Gasteiger partial charge in [0.05, 0.1) is 10.6 Å². The second-order valence-electron chi connectivity index (χ2n) is 3.15. The van der Waals surface area contributed by atoms with Crippen LogP contribution in [0, 0.1) is 12.7 Å². The van der Waals surface area contributed by atoms with E-state index in [0.29, 0.717) is 0 Å². The Morgan fingerprint density at radius 1 is 1.67 bits per heavy atom. The molecule has 0 unspecified atom stereocenters. The van der Waals surface area contributed by atoms with Crippen molar-refractivity contribution in [1.82, 2.24) is 0 Å². The number of aromatic hydroxyl groups is 1. The van der Waals surface area contributed by atoms with Crippen LogP contribution in [-0.4, -0.2) is 17.4 Å². The third kappa shape index (κ3) is 2.27. The van der Waals surface area contributed by atoms with E-state index in [4.69, 9.17) is 17.3 Å². The van der Waals surface area contributed by atoms with Crippen molar-refractivity contribution < 1.29 is 14.3 Å². The van der Waals surface area contributed by atoms with E-state index in [1.165, 1.54) is 6.92 Å². The Labute approximate surface area is 91.7 Å². The topological polar surface area (TPSA) is 63.3 Å². The van der Waals surface area contributed by atoms with Crippen LogP contribution in [0.4, 0.5) is 4.39 Å². The highest BCUT2D eigenvalue weighted by atomic mass is 35.5. The molecule has 0 atom stereocenters. The number of carbonyl (C=O) groups is 1. The molecule has 3 N–H and O–H groups in total. The highest BCUT2D eigenvalue weighted by Crippen LogP contribution is 2.32. The van der Waals surface area contributed by atoms with Crippen molar-refractivity contribution in [3.8, 4) is 5.75 Å². The highest BCUT2D eigenvalue weighted by molar-refractivity contribution is 6.32. The Morgan fingerprint density at radius 2 is 2.27 bits per heavy atom. The predicted molar refractivity (Wildman–Crippen MR) is 55.8 cm³/mol. The molecule has 1 aromatic carbocycles. The van der Waals surface area contributed by atoms with Crippen LogP contribution in [0.3, 0.4) is 0 Å². The molecule has 0 aliphatic carbocycles. The third-order valence-corrected chi connectivity index (χ3v) is 2.39. The zero-order valence-corrected chi connectivity index (χ0v) is 8.94. The average Bonchev–Trinajstić information content (AvgIpc) is 2.16. The van der Waals surface area contributed by atoms with Gasteiger partial charge in [-0.1, -0.05) is 11.6 Å². The molecule has 0 aliphatic heterocycles. The van der Waals surface area contributed by atoms with Crippen molar-refractivity contribution in [1.29, 1.82) is 0 Å². The quantitative estimate of drug-likeness (QED) is 0.783. The van der Waals surface area contributed by atoms with Crippen LogP contribution in [0.15, 0.2) is 6.07 Å². The van der Waals surface area contributed by atoms with E-state index in [1.807, 2.05) is 0 Å². The SMILES string of the molecule is Cc1c(F)cc(Cl)c(O)c1C(=O)CCN. The Hall–Kier alpha value is -1.13. The zero-order valence-electron chi connectivity index (χ0n) is 8.18. The Balaban J connectivity index is 3.32. The van der Waals surface area contributed by atoms with E-state index >= 15 is 0 Å². The lowest BCUT2D eigenvalue weighted by Gasteiger charge is -2.09. The Bertz CT molecular complexity index is 381. The van der Waals surface area contributed by atoms with E-state index in [0.717, 1.165) is 6.07 Å². The van der Waals surface area contributed by atoms with Crippen molar-refractivity contribution in [3.63, 3.8) is 0 Å². The van der Waals surface area contributed by atoms with E-state index in [2.05, 4.69) is 0 Å². The summed E-state index contributed by atoms with van der Waals surface area (Å²) in [6, 6.07) is 0.978. The van der Waals surface area contributed by atoms with Crippen LogP contribution in [0.1, 0.15) is 22.3 Å². The number of benzene rings is 1. The first-order chi connectivity index (χ1) is 6.99. The summed E-state index contributed by atoms with van der Waals surface area (Å²) in [6.45, 7) is 1.56. The number of carbonyl (C=O) groups excluding carboxylic acids is 1. The molecule has 0 heterocycles. The van der Waals surface area contributed by atoms with Gasteiger partial charge in [0.25, 0.3) is 0 Å². The van der Waals surface area contributed by atoms with Crippen molar-refractivity contribution in [3.05, 3.63) is 28.0 Å². The first-order valence-electron chi connectivity index (χ1n) is 4.39. The fourth-order valence-electron chi connectivity index (χ4n) is 1.30. The molecule has 15 heavy (non-hydrogen) atoms. The molecule has 5 heteroatoms. The summed E-state index contributed by atoms with van der Waals surface area (Å²) in [7, 11) is 0. The number of hydrogen-bond donors (Lipinski definition) is 2. The van der Waals surface area contributed by atoms with Gasteiger partial charge in [-0.3, -0.25) is 4.79 Å². The van der Waals surface area contributed by atoms with Crippen LogP contribution in [0.2, 0.25) is 5.02 Å². The number of nitrogens with two attached hydrogens (primary N) is 1. The lowest BCUT2D eigenvalue weighted by Crippen LogP contribution is -2.10. The third-order valence-electron chi connectivity index (χ3n) is 2.10. The van der Waals surface area contributed by atoms with Crippen LogP contribution >= 0.6 is 11.6 Å². The molecule has 0 spiro atoms. The van der Waals surface area contributed by atoms with Crippen molar-refractivity contribution in [2.24, 2.45) is 5.73 Å². The molecule has 1 aromatic rings. The van der Waals surface area contributed by atoms with Gasteiger partial charge in [-0.25, -0.2) is 4.39 Å². The molecular weight excluding hydrogens is 221 g/mol. The number of halogens is 2. The summed E-state index contributed by atoms with van der Waals surface area (Å²) in [5.41, 5.74) is 5.23. The molecule has 0 saturated heterocycles. The molecule has 0 amide bonds. The minimum absolute atomic E-state index is 0.0498. The maximum atomic E-state index is 13.2. The fourth-order valence-corrected chi connectivity index (χ4v) is 1.49. The summed E-state index contributed by atoms with van der Waals surface area (Å²) in [5.74, 6) is -1.40. The van der Waals surface area contributed by atoms with E-state index in [-0.39, 0.29) is 34.9 Å². The van der Waals surface area contributed by atoms with Gasteiger partial charge in [0.15, 0.2) is 5.78 Å². The van der Waals surface area contributed by atoms with E-state index in [9.17, 15) is 14.3 Å². The summed E-state index contributed by atoms with van der Waals surface area (Å²) in [4.78, 5) is 11.5. The maximum Gasteiger partial charge on any atom is 0.168 e. The van der Waals surface area contributed by atoms with Gasteiger partial charge in [-0.05, 0) is 25.1 Å². The van der Waals surface area contributed by atoms with Crippen LogP contribution in [0.5, 0.6) is 5.75 Å². The van der Waals surface area contributed by atoms with Crippen LogP contribution in [0.25, 0.3) is 0 Å². The lowest BCUT2D eigenvalue weighted by molar-refractivity contribution is 0.0981. The second kappa shape index (κ2) is 4.59. The van der Waals surface area contributed by atoms with Gasteiger partial charge in [0.2, 0.25) is 0 Å². The zero-order chi connectivity index (χ0) is 11.6. The number of rotatable bonds is 3. The summed E-state index contributed by atoms with van der Waals surface area (Å²) in [5, 5.41) is 9.37. The first kappa shape index (κ1) is 11.9. The number of ketones is 1. The maximum absolute atomic E-state index is 13.2. The summed E-state index contributed by atoms with van der Waals surface area (Å²) < 4.78 is 13.2. The normalized spacial score (nSPS) is 10.4. The van der Waals surface area contributed by atoms with E-state index < -0.39 is 11.6 Å².